The van der Waals surface area contributed by atoms with Crippen molar-refractivity contribution in [2.24, 2.45) is 0 Å². The van der Waals surface area contributed by atoms with Crippen molar-refractivity contribution in [2.45, 2.75) is 12.5 Å². The Balaban J connectivity index is 2.19. The van der Waals surface area contributed by atoms with Crippen LogP contribution in [0.3, 0.4) is 0 Å². The fourth-order valence-corrected chi connectivity index (χ4v) is 4.05. The molecule has 1 N–H and O–H groups in total. The Kier molecular flexibility index (Phi) is 7.43. The van der Waals surface area contributed by atoms with Gasteiger partial charge < -0.3 is 24.4 Å². The molecule has 0 aromatic heterocycles. The second-order valence-electron chi connectivity index (χ2n) is 7.74. The molecule has 0 aliphatic carbocycles. The lowest BCUT2D eigenvalue weighted by molar-refractivity contribution is -0.140. The molecule has 1 amide bonds. The first-order valence-electron chi connectivity index (χ1n) is 10.2. The summed E-state index contributed by atoms with van der Waals surface area (Å²) in [5.41, 5.74) is 0.802. The molecule has 1 fully saturated rings. The minimum Gasteiger partial charge on any atom is -0.507 e. The molecule has 0 spiro atoms. The van der Waals surface area contributed by atoms with Crippen molar-refractivity contribution in [3.05, 3.63) is 64.2 Å². The van der Waals surface area contributed by atoms with Crippen molar-refractivity contribution < 1.29 is 24.2 Å². The van der Waals surface area contributed by atoms with Crippen LogP contribution in [0.2, 0.25) is 5.02 Å². The Hall–Kier alpha value is -3.03. The summed E-state index contributed by atoms with van der Waals surface area (Å²) in [6.07, 6.45) is 0.658. The van der Waals surface area contributed by atoms with E-state index in [0.29, 0.717) is 30.0 Å². The van der Waals surface area contributed by atoms with Crippen LogP contribution in [0.5, 0.6) is 11.5 Å². The minimum absolute atomic E-state index is 0.0282. The van der Waals surface area contributed by atoms with Gasteiger partial charge in [0.25, 0.3) is 11.7 Å². The number of carbonyl (C=O) groups excluding carboxylic acids is 2. The lowest BCUT2D eigenvalue weighted by atomic mass is 9.94. The van der Waals surface area contributed by atoms with Gasteiger partial charge in [0.1, 0.15) is 17.3 Å². The van der Waals surface area contributed by atoms with E-state index in [1.807, 2.05) is 19.0 Å². The van der Waals surface area contributed by atoms with Crippen LogP contribution in [0.4, 0.5) is 0 Å². The molecule has 1 atom stereocenters. The van der Waals surface area contributed by atoms with Crippen LogP contribution < -0.4 is 9.47 Å². The number of hydrogen-bond donors (Lipinski definition) is 1. The lowest BCUT2D eigenvalue weighted by Gasteiger charge is -2.27. The first-order chi connectivity index (χ1) is 15.3. The molecule has 1 aliphatic heterocycles. The number of amides is 1. The summed E-state index contributed by atoms with van der Waals surface area (Å²) >= 11 is 6.33. The number of ketones is 1. The number of ether oxygens (including phenoxy) is 2. The number of benzene rings is 2. The highest BCUT2D eigenvalue weighted by Gasteiger charge is 2.47. The Morgan fingerprint density at radius 3 is 2.50 bits per heavy atom. The maximum absolute atomic E-state index is 13.1. The van der Waals surface area contributed by atoms with Crippen molar-refractivity contribution in [2.75, 3.05) is 41.4 Å². The predicted octanol–water partition coefficient (Wildman–Crippen LogP) is 3.73. The number of methoxy groups -OCH3 is 2. The number of aliphatic hydroxyl groups is 1. The molecule has 8 heteroatoms. The quantitative estimate of drug-likeness (QED) is 0.369. The molecule has 32 heavy (non-hydrogen) atoms. The monoisotopic (exact) mass is 458 g/mol. The standard InChI is InChI=1S/C24H27ClN2O5/c1-26(2)12-7-13-27-21(16-8-5-6-9-19(16)32-4)20(23(29)24(27)30)22(28)17-14-15(31-3)10-11-18(17)25/h5-6,8-11,14,21,28H,7,12-13H2,1-4H3/b22-20+. The van der Waals surface area contributed by atoms with Gasteiger partial charge in [0.15, 0.2) is 0 Å². The van der Waals surface area contributed by atoms with Gasteiger partial charge >= 0.3 is 0 Å². The zero-order valence-electron chi connectivity index (χ0n) is 18.6. The molecule has 2 aromatic carbocycles. The van der Waals surface area contributed by atoms with E-state index in [1.165, 1.54) is 25.2 Å². The Morgan fingerprint density at radius 2 is 1.84 bits per heavy atom. The van der Waals surface area contributed by atoms with Gasteiger partial charge in [-0.2, -0.15) is 0 Å². The molecule has 0 bridgehead atoms. The molecular weight excluding hydrogens is 432 g/mol. The number of likely N-dealkylation sites (tertiary alicyclic amines) is 1. The molecule has 1 unspecified atom stereocenters. The Bertz CT molecular complexity index is 1050. The van der Waals surface area contributed by atoms with Crippen molar-refractivity contribution in [1.29, 1.82) is 0 Å². The summed E-state index contributed by atoms with van der Waals surface area (Å²) in [7, 11) is 6.90. The fraction of sp³-hybridized carbons (Fsp3) is 0.333. The first kappa shape index (κ1) is 23.6. The molecule has 1 aliphatic rings. The van der Waals surface area contributed by atoms with Crippen molar-refractivity contribution >= 4 is 29.1 Å². The molecular formula is C24H27ClN2O5. The highest BCUT2D eigenvalue weighted by atomic mass is 35.5. The summed E-state index contributed by atoms with van der Waals surface area (Å²) in [5.74, 6) is -0.801. The molecule has 170 valence electrons. The van der Waals surface area contributed by atoms with E-state index >= 15 is 0 Å². The smallest absolute Gasteiger partial charge is 0.295 e. The van der Waals surface area contributed by atoms with Crippen molar-refractivity contribution in [1.82, 2.24) is 9.80 Å². The topological polar surface area (TPSA) is 79.3 Å². The number of hydrogen-bond acceptors (Lipinski definition) is 6. The zero-order chi connectivity index (χ0) is 23.4. The summed E-state index contributed by atoms with van der Waals surface area (Å²) in [6.45, 7) is 1.08. The molecule has 3 rings (SSSR count). The number of aliphatic hydroxyl groups excluding tert-OH is 1. The number of para-hydroxylation sites is 1. The van der Waals surface area contributed by atoms with Crippen LogP contribution in [0.25, 0.3) is 5.76 Å². The second kappa shape index (κ2) is 10.1. The Morgan fingerprint density at radius 1 is 1.12 bits per heavy atom. The van der Waals surface area contributed by atoms with Crippen molar-refractivity contribution in [3.63, 3.8) is 0 Å². The molecule has 0 radical (unpaired) electrons. The van der Waals surface area contributed by atoms with Gasteiger partial charge in [-0.25, -0.2) is 0 Å². The first-order valence-corrected chi connectivity index (χ1v) is 10.6. The average molecular weight is 459 g/mol. The molecule has 7 nitrogen and oxygen atoms in total. The van der Waals surface area contributed by atoms with E-state index in [9.17, 15) is 14.7 Å². The highest BCUT2D eigenvalue weighted by molar-refractivity contribution is 6.47. The number of nitrogens with zero attached hydrogens (tertiary/aromatic N) is 2. The van der Waals surface area contributed by atoms with Gasteiger partial charge in [-0.1, -0.05) is 29.8 Å². The van der Waals surface area contributed by atoms with E-state index in [4.69, 9.17) is 21.1 Å². The summed E-state index contributed by atoms with van der Waals surface area (Å²) in [4.78, 5) is 29.7. The number of Topliss-reactive ketones (excluding diaryl/α,β-unsaturated/α-hetero) is 1. The van der Waals surface area contributed by atoms with E-state index in [0.717, 1.165) is 6.54 Å². The third-order valence-electron chi connectivity index (χ3n) is 5.41. The van der Waals surface area contributed by atoms with Crippen LogP contribution in [-0.2, 0) is 9.59 Å². The van der Waals surface area contributed by atoms with Crippen LogP contribution >= 0.6 is 11.6 Å². The van der Waals surface area contributed by atoms with Gasteiger partial charge in [-0.15, -0.1) is 0 Å². The number of carbonyl (C=O) groups is 2. The van der Waals surface area contributed by atoms with Crippen LogP contribution in [0.1, 0.15) is 23.6 Å². The lowest BCUT2D eigenvalue weighted by Crippen LogP contribution is -2.32. The van der Waals surface area contributed by atoms with Gasteiger partial charge in [0.2, 0.25) is 0 Å². The fourth-order valence-electron chi connectivity index (χ4n) is 3.84. The minimum atomic E-state index is -0.810. The van der Waals surface area contributed by atoms with Crippen LogP contribution in [0.15, 0.2) is 48.0 Å². The van der Waals surface area contributed by atoms with E-state index < -0.39 is 17.7 Å². The van der Waals surface area contributed by atoms with Gasteiger partial charge in [0.05, 0.1) is 30.9 Å². The van der Waals surface area contributed by atoms with Crippen LogP contribution in [0, 0.1) is 0 Å². The van der Waals surface area contributed by atoms with Crippen LogP contribution in [-0.4, -0.2) is 68.0 Å². The normalized spacial score (nSPS) is 17.8. The summed E-state index contributed by atoms with van der Waals surface area (Å²) in [5, 5.41) is 11.5. The summed E-state index contributed by atoms with van der Waals surface area (Å²) < 4.78 is 10.7. The second-order valence-corrected chi connectivity index (χ2v) is 8.14. The predicted molar refractivity (Wildman–Crippen MR) is 123 cm³/mol. The largest absolute Gasteiger partial charge is 0.507 e. The number of halogens is 1. The highest BCUT2D eigenvalue weighted by Crippen LogP contribution is 2.43. The average Bonchev–Trinajstić information content (AvgIpc) is 3.03. The van der Waals surface area contributed by atoms with Gasteiger partial charge in [0, 0.05) is 17.7 Å². The summed E-state index contributed by atoms with van der Waals surface area (Å²) in [6, 6.07) is 11.1. The molecule has 0 saturated carbocycles. The molecule has 1 saturated heterocycles. The molecule has 1 heterocycles. The van der Waals surface area contributed by atoms with E-state index in [2.05, 4.69) is 0 Å². The SMILES string of the molecule is COc1ccc(Cl)c(/C(O)=C2\C(=O)C(=O)N(CCCN(C)C)C2c2ccccc2OC)c1. The van der Waals surface area contributed by atoms with Gasteiger partial charge in [-0.3, -0.25) is 9.59 Å². The molecule has 2 aromatic rings. The maximum Gasteiger partial charge on any atom is 0.295 e. The van der Waals surface area contributed by atoms with Crippen molar-refractivity contribution in [3.8, 4) is 11.5 Å². The number of rotatable bonds is 8. The Labute approximate surface area is 192 Å². The van der Waals surface area contributed by atoms with Gasteiger partial charge in [-0.05, 0) is 51.3 Å². The third-order valence-corrected chi connectivity index (χ3v) is 5.74. The maximum atomic E-state index is 13.1. The van der Waals surface area contributed by atoms with E-state index in [1.54, 1.807) is 36.4 Å². The third kappa shape index (κ3) is 4.59. The van der Waals surface area contributed by atoms with E-state index in [-0.39, 0.29) is 21.9 Å². The zero-order valence-corrected chi connectivity index (χ0v) is 19.3.